The highest BCUT2D eigenvalue weighted by atomic mass is 32.1. The number of rotatable bonds is 1. The second-order valence-electron chi connectivity index (χ2n) is 1.42. The van der Waals surface area contributed by atoms with E-state index in [0.29, 0.717) is 0 Å². The van der Waals surface area contributed by atoms with Crippen LogP contribution in [0.5, 0.6) is 0 Å². The van der Waals surface area contributed by atoms with Gasteiger partial charge in [-0.25, -0.2) is 4.68 Å². The van der Waals surface area contributed by atoms with Crippen molar-refractivity contribution in [2.24, 2.45) is 0 Å². The first-order valence-electron chi connectivity index (χ1n) is 2.21. The lowest BCUT2D eigenvalue weighted by molar-refractivity contribution is 0.614. The van der Waals surface area contributed by atoms with E-state index in [1.54, 1.807) is 4.68 Å². The maximum Gasteiger partial charge on any atom is 0.139 e. The van der Waals surface area contributed by atoms with Crippen LogP contribution in [0.25, 0.3) is 0 Å². The van der Waals surface area contributed by atoms with Crippen LogP contribution in [0.2, 0.25) is 0 Å². The van der Waals surface area contributed by atoms with Gasteiger partial charge < -0.3 is 0 Å². The molecule has 0 aliphatic heterocycles. The molecule has 1 aromatic rings. The van der Waals surface area contributed by atoms with Crippen LogP contribution in [-0.2, 0) is 0 Å². The molecular formula is C3H6N4S. The average Bonchev–Trinajstić information content (AvgIpc) is 2.12. The molecule has 0 spiro atoms. The molecule has 0 radical (unpaired) electrons. The molecule has 4 nitrogen and oxygen atoms in total. The van der Waals surface area contributed by atoms with E-state index in [9.17, 15) is 0 Å². The Morgan fingerprint density at radius 1 is 1.75 bits per heavy atom. The van der Waals surface area contributed by atoms with Gasteiger partial charge in [0, 0.05) is 0 Å². The molecule has 1 heterocycles. The second kappa shape index (κ2) is 2.13. The maximum absolute atomic E-state index is 4.07. The van der Waals surface area contributed by atoms with E-state index in [4.69, 9.17) is 0 Å². The number of tetrazole rings is 1. The van der Waals surface area contributed by atoms with Crippen LogP contribution in [-0.4, -0.2) is 20.2 Å². The number of hydrogen-bond donors (Lipinski definition) is 1. The topological polar surface area (TPSA) is 43.6 Å². The van der Waals surface area contributed by atoms with Crippen molar-refractivity contribution in [2.45, 2.75) is 12.3 Å². The van der Waals surface area contributed by atoms with Crippen LogP contribution in [0.1, 0.15) is 12.3 Å². The third-order valence-corrected chi connectivity index (χ3v) is 0.984. The number of hydrogen-bond acceptors (Lipinski definition) is 4. The zero-order chi connectivity index (χ0) is 5.98. The van der Waals surface area contributed by atoms with E-state index in [-0.39, 0.29) is 5.37 Å². The Hall–Kier alpha value is -0.580. The number of nitrogens with zero attached hydrogens (tertiary/aromatic N) is 4. The molecule has 8 heavy (non-hydrogen) atoms. The fraction of sp³-hybridized carbons (Fsp3) is 0.667. The summed E-state index contributed by atoms with van der Waals surface area (Å²) < 4.78 is 1.56. The number of aromatic nitrogens is 4. The summed E-state index contributed by atoms with van der Waals surface area (Å²) in [6.07, 6.45) is 1.53. The zero-order valence-electron chi connectivity index (χ0n) is 4.39. The Morgan fingerprint density at radius 3 is 2.75 bits per heavy atom. The summed E-state index contributed by atoms with van der Waals surface area (Å²) in [6.45, 7) is 1.89. The van der Waals surface area contributed by atoms with Crippen LogP contribution >= 0.6 is 12.6 Å². The lowest BCUT2D eigenvalue weighted by Gasteiger charge is -1.97. The van der Waals surface area contributed by atoms with Crippen molar-refractivity contribution in [1.82, 2.24) is 20.2 Å². The Balaban J connectivity index is 2.77. The van der Waals surface area contributed by atoms with Crippen LogP contribution < -0.4 is 0 Å². The van der Waals surface area contributed by atoms with Gasteiger partial charge in [-0.2, -0.15) is 12.6 Å². The molecule has 0 bridgehead atoms. The highest BCUT2D eigenvalue weighted by Gasteiger charge is 1.95. The van der Waals surface area contributed by atoms with E-state index in [1.807, 2.05) is 6.92 Å². The molecule has 5 heteroatoms. The molecule has 1 unspecified atom stereocenters. The van der Waals surface area contributed by atoms with Gasteiger partial charge in [-0.05, 0) is 17.4 Å². The Kier molecular flexibility index (Phi) is 1.48. The summed E-state index contributed by atoms with van der Waals surface area (Å²) in [5.41, 5.74) is 0. The van der Waals surface area contributed by atoms with Crippen molar-refractivity contribution < 1.29 is 0 Å². The summed E-state index contributed by atoms with van der Waals surface area (Å²) in [6, 6.07) is 0. The molecule has 1 aromatic heterocycles. The molecule has 0 N–H and O–H groups in total. The number of thiol groups is 1. The Labute approximate surface area is 52.3 Å². The molecule has 0 aromatic carbocycles. The third kappa shape index (κ3) is 0.975. The molecule has 44 valence electrons. The van der Waals surface area contributed by atoms with Gasteiger partial charge in [-0.1, -0.05) is 0 Å². The molecule has 0 saturated heterocycles. The summed E-state index contributed by atoms with van der Waals surface area (Å²) in [5.74, 6) is 0. The van der Waals surface area contributed by atoms with Gasteiger partial charge in [0.15, 0.2) is 0 Å². The van der Waals surface area contributed by atoms with Crippen molar-refractivity contribution in [2.75, 3.05) is 0 Å². The first-order valence-corrected chi connectivity index (χ1v) is 2.73. The van der Waals surface area contributed by atoms with Gasteiger partial charge in [-0.15, -0.1) is 5.10 Å². The van der Waals surface area contributed by atoms with E-state index in [2.05, 4.69) is 28.2 Å². The monoisotopic (exact) mass is 130 g/mol. The molecule has 0 saturated carbocycles. The van der Waals surface area contributed by atoms with Crippen molar-refractivity contribution in [3.05, 3.63) is 6.33 Å². The van der Waals surface area contributed by atoms with E-state index >= 15 is 0 Å². The van der Waals surface area contributed by atoms with Crippen LogP contribution in [0, 0.1) is 0 Å². The van der Waals surface area contributed by atoms with Crippen LogP contribution in [0.4, 0.5) is 0 Å². The normalized spacial score (nSPS) is 13.8. The van der Waals surface area contributed by atoms with Gasteiger partial charge in [0.25, 0.3) is 0 Å². The first kappa shape index (κ1) is 5.55. The lowest BCUT2D eigenvalue weighted by Crippen LogP contribution is -1.98. The summed E-state index contributed by atoms with van der Waals surface area (Å²) in [7, 11) is 0. The molecule has 0 fully saturated rings. The Bertz CT molecular complexity index is 146. The fourth-order valence-corrected chi connectivity index (χ4v) is 0.445. The summed E-state index contributed by atoms with van der Waals surface area (Å²) in [4.78, 5) is 0. The van der Waals surface area contributed by atoms with Gasteiger partial charge in [0.1, 0.15) is 6.33 Å². The van der Waals surface area contributed by atoms with E-state index in [1.165, 1.54) is 6.33 Å². The molecule has 1 rings (SSSR count). The molecule has 1 atom stereocenters. The SMILES string of the molecule is CC(S)n1cnnn1. The van der Waals surface area contributed by atoms with Crippen LogP contribution in [0.15, 0.2) is 6.33 Å². The predicted molar refractivity (Wildman–Crippen MR) is 31.5 cm³/mol. The zero-order valence-corrected chi connectivity index (χ0v) is 5.29. The molecule has 0 aliphatic carbocycles. The fourth-order valence-electron chi connectivity index (χ4n) is 0.340. The minimum absolute atomic E-state index is 0.0602. The van der Waals surface area contributed by atoms with Crippen molar-refractivity contribution in [1.29, 1.82) is 0 Å². The largest absolute Gasteiger partial charge is 0.220 e. The third-order valence-electron chi connectivity index (χ3n) is 0.748. The van der Waals surface area contributed by atoms with E-state index < -0.39 is 0 Å². The summed E-state index contributed by atoms with van der Waals surface area (Å²) >= 11 is 4.07. The molecule has 0 amide bonds. The smallest absolute Gasteiger partial charge is 0.139 e. The minimum atomic E-state index is 0.0602. The standard InChI is InChI=1S/C3H6N4S/c1-3(8)7-2-4-5-6-7/h2-3,8H,1H3. The van der Waals surface area contributed by atoms with E-state index in [0.717, 1.165) is 0 Å². The minimum Gasteiger partial charge on any atom is -0.220 e. The van der Waals surface area contributed by atoms with Gasteiger partial charge in [0.2, 0.25) is 0 Å². The predicted octanol–water partition coefficient (Wildman–Crippen LogP) is 0.121. The van der Waals surface area contributed by atoms with Crippen molar-refractivity contribution >= 4 is 12.6 Å². The highest BCUT2D eigenvalue weighted by molar-refractivity contribution is 7.80. The van der Waals surface area contributed by atoms with Crippen molar-refractivity contribution in [3.8, 4) is 0 Å². The molecular weight excluding hydrogens is 124 g/mol. The first-order chi connectivity index (χ1) is 3.80. The maximum atomic E-state index is 4.07. The quantitative estimate of drug-likeness (QED) is 0.549. The van der Waals surface area contributed by atoms with Crippen LogP contribution in [0.3, 0.4) is 0 Å². The second-order valence-corrected chi connectivity index (χ2v) is 2.17. The highest BCUT2D eigenvalue weighted by Crippen LogP contribution is 2.03. The van der Waals surface area contributed by atoms with Gasteiger partial charge in [0.05, 0.1) is 5.37 Å². The van der Waals surface area contributed by atoms with Crippen molar-refractivity contribution in [3.63, 3.8) is 0 Å². The van der Waals surface area contributed by atoms with Gasteiger partial charge in [-0.3, -0.25) is 0 Å². The van der Waals surface area contributed by atoms with Gasteiger partial charge >= 0.3 is 0 Å². The molecule has 0 aliphatic rings. The average molecular weight is 130 g/mol. The summed E-state index contributed by atoms with van der Waals surface area (Å²) in [5, 5.41) is 10.5. The Morgan fingerprint density at radius 2 is 2.50 bits per heavy atom. The lowest BCUT2D eigenvalue weighted by atomic mass is 10.8.